The number of imidazole rings is 1. The van der Waals surface area contributed by atoms with Gasteiger partial charge in [-0.2, -0.15) is 0 Å². The van der Waals surface area contributed by atoms with Crippen LogP contribution in [0.2, 0.25) is 5.02 Å². The Hall–Kier alpha value is -2.14. The first-order valence-corrected chi connectivity index (χ1v) is 8.05. The lowest BCUT2D eigenvalue weighted by Gasteiger charge is -2.14. The fourth-order valence-corrected chi connectivity index (χ4v) is 2.98. The predicted molar refractivity (Wildman–Crippen MR) is 88.2 cm³/mol. The van der Waals surface area contributed by atoms with Crippen LogP contribution in [-0.4, -0.2) is 33.2 Å². The van der Waals surface area contributed by atoms with Gasteiger partial charge in [0.2, 0.25) is 0 Å². The first kappa shape index (κ1) is 15.7. The van der Waals surface area contributed by atoms with Gasteiger partial charge in [-0.1, -0.05) is 24.9 Å². The smallest absolute Gasteiger partial charge is 0.256 e. The van der Waals surface area contributed by atoms with Gasteiger partial charge in [0.1, 0.15) is 12.0 Å². The summed E-state index contributed by atoms with van der Waals surface area (Å²) < 4.78 is 1.83. The lowest BCUT2D eigenvalue weighted by molar-refractivity contribution is 0.0785. The summed E-state index contributed by atoms with van der Waals surface area (Å²) in [6.07, 6.45) is 3.90. The third-order valence-electron chi connectivity index (χ3n) is 4.07. The predicted octanol–water partition coefficient (Wildman–Crippen LogP) is 3.48. The van der Waals surface area contributed by atoms with Crippen molar-refractivity contribution in [3.05, 3.63) is 46.5 Å². The van der Waals surface area contributed by atoms with Gasteiger partial charge in [0.15, 0.2) is 5.78 Å². The molecule has 0 radical (unpaired) electrons. The highest BCUT2D eigenvalue weighted by Crippen LogP contribution is 2.28. The highest BCUT2D eigenvalue weighted by atomic mass is 35.5. The number of rotatable bonds is 4. The van der Waals surface area contributed by atoms with Crippen LogP contribution in [0.3, 0.4) is 0 Å². The van der Waals surface area contributed by atoms with E-state index in [1.807, 2.05) is 11.5 Å². The molecule has 0 saturated carbocycles. The molecular weight excluding hydrogens is 314 g/mol. The Labute approximate surface area is 139 Å². The molecule has 1 aliphatic rings. The van der Waals surface area contributed by atoms with E-state index in [0.717, 1.165) is 18.5 Å². The monoisotopic (exact) mass is 331 g/mol. The van der Waals surface area contributed by atoms with Gasteiger partial charge in [0.25, 0.3) is 5.91 Å². The number of hydrogen-bond acceptors (Lipinski definition) is 3. The summed E-state index contributed by atoms with van der Waals surface area (Å²) in [6, 6.07) is 5.19. The standard InChI is InChI=1S/C17H18ClN3O2/c1-3-4-5-15(22)16-14-9-20(2)17(23)12-8-11(18)6-7-13(12)21(14)10-19-16/h6-8,10H,3-5,9H2,1-2H3. The number of hydrogen-bond donors (Lipinski definition) is 0. The van der Waals surface area contributed by atoms with E-state index in [0.29, 0.717) is 34.9 Å². The molecule has 1 aliphatic heterocycles. The molecular formula is C17H18ClN3O2. The number of carbonyl (C=O) groups is 2. The van der Waals surface area contributed by atoms with Gasteiger partial charge in [-0.05, 0) is 24.6 Å². The minimum Gasteiger partial charge on any atom is -0.336 e. The van der Waals surface area contributed by atoms with Crippen LogP contribution in [-0.2, 0) is 6.54 Å². The lowest BCUT2D eigenvalue weighted by Crippen LogP contribution is -2.25. The third-order valence-corrected chi connectivity index (χ3v) is 4.31. The van der Waals surface area contributed by atoms with Crippen molar-refractivity contribution in [3.63, 3.8) is 0 Å². The number of halogens is 1. The maximum atomic E-state index is 12.6. The summed E-state index contributed by atoms with van der Waals surface area (Å²) in [7, 11) is 1.72. The van der Waals surface area contributed by atoms with Crippen molar-refractivity contribution in [2.75, 3.05) is 7.05 Å². The van der Waals surface area contributed by atoms with E-state index in [-0.39, 0.29) is 11.7 Å². The van der Waals surface area contributed by atoms with Crippen molar-refractivity contribution in [1.29, 1.82) is 0 Å². The molecule has 3 rings (SSSR count). The fraction of sp³-hybridized carbons (Fsp3) is 0.353. The number of fused-ring (bicyclic) bond motifs is 3. The quantitative estimate of drug-likeness (QED) is 0.806. The van der Waals surface area contributed by atoms with E-state index in [1.54, 1.807) is 36.5 Å². The lowest BCUT2D eigenvalue weighted by atomic mass is 10.1. The topological polar surface area (TPSA) is 55.2 Å². The van der Waals surface area contributed by atoms with Gasteiger partial charge in [-0.25, -0.2) is 4.98 Å². The number of aromatic nitrogens is 2. The Bertz CT molecular complexity index is 782. The van der Waals surface area contributed by atoms with E-state index in [4.69, 9.17) is 11.6 Å². The Kier molecular flexibility index (Phi) is 4.22. The molecule has 0 bridgehead atoms. The molecule has 0 aliphatic carbocycles. The summed E-state index contributed by atoms with van der Waals surface area (Å²) in [6.45, 7) is 2.39. The number of carbonyl (C=O) groups excluding carboxylic acids is 2. The average molecular weight is 332 g/mol. The second-order valence-electron chi connectivity index (χ2n) is 5.76. The summed E-state index contributed by atoms with van der Waals surface area (Å²) in [5.41, 5.74) is 2.44. The molecule has 2 heterocycles. The molecule has 0 atom stereocenters. The largest absolute Gasteiger partial charge is 0.336 e. The Balaban J connectivity index is 2.12. The number of unbranched alkanes of at least 4 members (excludes halogenated alkanes) is 1. The zero-order valence-corrected chi connectivity index (χ0v) is 13.9. The number of nitrogens with zero attached hydrogens (tertiary/aromatic N) is 3. The highest BCUT2D eigenvalue weighted by Gasteiger charge is 2.28. The number of ketones is 1. The van der Waals surface area contributed by atoms with Crippen molar-refractivity contribution >= 4 is 23.3 Å². The average Bonchev–Trinajstić information content (AvgIpc) is 2.91. The van der Waals surface area contributed by atoms with Gasteiger partial charge in [0, 0.05) is 18.5 Å². The van der Waals surface area contributed by atoms with Gasteiger partial charge >= 0.3 is 0 Å². The van der Waals surface area contributed by atoms with E-state index in [1.165, 1.54) is 0 Å². The van der Waals surface area contributed by atoms with Crippen LogP contribution >= 0.6 is 11.6 Å². The van der Waals surface area contributed by atoms with Gasteiger partial charge in [-0.3, -0.25) is 14.2 Å². The Morgan fingerprint density at radius 3 is 2.91 bits per heavy atom. The minimum absolute atomic E-state index is 0.0267. The highest BCUT2D eigenvalue weighted by molar-refractivity contribution is 6.31. The van der Waals surface area contributed by atoms with E-state index >= 15 is 0 Å². The third kappa shape index (κ3) is 2.77. The summed E-state index contributed by atoms with van der Waals surface area (Å²) in [5, 5.41) is 0.508. The SMILES string of the molecule is CCCCC(=O)c1ncn2c1CN(C)C(=O)c1cc(Cl)ccc1-2. The molecule has 0 fully saturated rings. The van der Waals surface area contributed by atoms with Crippen LogP contribution in [0.15, 0.2) is 24.5 Å². The summed E-state index contributed by atoms with van der Waals surface area (Å²) >= 11 is 6.03. The molecule has 0 saturated heterocycles. The number of benzene rings is 1. The first-order valence-electron chi connectivity index (χ1n) is 7.67. The van der Waals surface area contributed by atoms with Crippen molar-refractivity contribution < 1.29 is 9.59 Å². The zero-order chi connectivity index (χ0) is 16.6. The molecule has 0 N–H and O–H groups in total. The van der Waals surface area contributed by atoms with Crippen LogP contribution in [0.5, 0.6) is 0 Å². The van der Waals surface area contributed by atoms with E-state index in [9.17, 15) is 9.59 Å². The Morgan fingerprint density at radius 1 is 1.39 bits per heavy atom. The molecule has 0 unspecified atom stereocenters. The fourth-order valence-electron chi connectivity index (χ4n) is 2.81. The molecule has 1 aromatic carbocycles. The van der Waals surface area contributed by atoms with Gasteiger partial charge < -0.3 is 4.90 Å². The molecule has 120 valence electrons. The Morgan fingerprint density at radius 2 is 2.17 bits per heavy atom. The van der Waals surface area contributed by atoms with Crippen molar-refractivity contribution in [3.8, 4) is 5.69 Å². The maximum Gasteiger partial charge on any atom is 0.256 e. The van der Waals surface area contributed by atoms with E-state index in [2.05, 4.69) is 4.98 Å². The second kappa shape index (κ2) is 6.16. The number of amides is 1. The normalized spacial score (nSPS) is 13.5. The minimum atomic E-state index is -0.113. The molecule has 23 heavy (non-hydrogen) atoms. The number of Topliss-reactive ketones (excluding diaryl/α,β-unsaturated/α-hetero) is 1. The first-order chi connectivity index (χ1) is 11.0. The molecule has 0 spiro atoms. The zero-order valence-electron chi connectivity index (χ0n) is 13.2. The molecule has 1 aromatic heterocycles. The van der Waals surface area contributed by atoms with Gasteiger partial charge in [0.05, 0.1) is 23.5 Å². The maximum absolute atomic E-state index is 12.6. The van der Waals surface area contributed by atoms with Gasteiger partial charge in [-0.15, -0.1) is 0 Å². The molecule has 5 nitrogen and oxygen atoms in total. The van der Waals surface area contributed by atoms with Crippen LogP contribution in [0, 0.1) is 0 Å². The van der Waals surface area contributed by atoms with E-state index < -0.39 is 0 Å². The second-order valence-corrected chi connectivity index (χ2v) is 6.20. The molecule has 1 amide bonds. The van der Waals surface area contributed by atoms with Crippen molar-refractivity contribution in [1.82, 2.24) is 14.5 Å². The summed E-state index contributed by atoms with van der Waals surface area (Å²) in [5.74, 6) is -0.0861. The van der Waals surface area contributed by atoms with Crippen LogP contribution in [0.1, 0.15) is 52.7 Å². The van der Waals surface area contributed by atoms with Crippen molar-refractivity contribution in [2.24, 2.45) is 0 Å². The van der Waals surface area contributed by atoms with Crippen LogP contribution in [0.4, 0.5) is 0 Å². The molecule has 2 aromatic rings. The van der Waals surface area contributed by atoms with Crippen molar-refractivity contribution in [2.45, 2.75) is 32.7 Å². The molecule has 6 heteroatoms. The summed E-state index contributed by atoms with van der Waals surface area (Å²) in [4.78, 5) is 30.9. The van der Waals surface area contributed by atoms with Crippen LogP contribution in [0.25, 0.3) is 5.69 Å². The van der Waals surface area contributed by atoms with Crippen LogP contribution < -0.4 is 0 Å².